The summed E-state index contributed by atoms with van der Waals surface area (Å²) in [5.74, 6) is -0.503. The fourth-order valence-corrected chi connectivity index (χ4v) is 4.27. The summed E-state index contributed by atoms with van der Waals surface area (Å²) in [6.07, 6.45) is 0. The topological polar surface area (TPSA) is 114 Å². The number of fused-ring (bicyclic) bond motifs is 1. The highest BCUT2D eigenvalue weighted by Gasteiger charge is 2.16. The maximum Gasteiger partial charge on any atom is 0.255 e. The number of carbonyl (C=O) groups is 1. The minimum Gasteiger partial charge on any atom is -0.506 e. The van der Waals surface area contributed by atoms with Crippen LogP contribution in [0.15, 0.2) is 80.8 Å². The molecule has 0 unspecified atom stereocenters. The molecule has 7 nitrogen and oxygen atoms in total. The summed E-state index contributed by atoms with van der Waals surface area (Å²) >= 11 is 0. The average Bonchev–Trinajstić information content (AvgIpc) is 2.80. The number of anilines is 1. The lowest BCUT2D eigenvalue weighted by molar-refractivity contribution is 0.102. The molecule has 0 spiro atoms. The molecular formula is C25H21NO6S. The molecule has 0 fully saturated rings. The van der Waals surface area contributed by atoms with Crippen LogP contribution in [0.3, 0.4) is 0 Å². The maximum absolute atomic E-state index is 12.7. The molecule has 2 N–H and O–H groups in total. The van der Waals surface area contributed by atoms with Gasteiger partial charge in [-0.05, 0) is 49.4 Å². The second kappa shape index (κ2) is 8.55. The van der Waals surface area contributed by atoms with E-state index in [1.807, 2.05) is 13.0 Å². The van der Waals surface area contributed by atoms with Crippen molar-refractivity contribution in [1.82, 2.24) is 0 Å². The molecule has 3 aromatic carbocycles. The Morgan fingerprint density at radius 2 is 1.73 bits per heavy atom. The SMILES string of the molecule is CCS(=O)(=O)c1ccc(O)c(NC(=O)c2ccc(-c3cc(=O)c4cc(C)ccc4o3)cc2)c1. The van der Waals surface area contributed by atoms with E-state index in [2.05, 4.69) is 5.32 Å². The summed E-state index contributed by atoms with van der Waals surface area (Å²) in [6, 6.07) is 16.9. The van der Waals surface area contributed by atoms with E-state index in [9.17, 15) is 23.1 Å². The largest absolute Gasteiger partial charge is 0.506 e. The molecule has 168 valence electrons. The van der Waals surface area contributed by atoms with Gasteiger partial charge in [-0.1, -0.05) is 30.7 Å². The number of phenolic OH excluding ortho intramolecular Hbond substituents is 1. The van der Waals surface area contributed by atoms with E-state index >= 15 is 0 Å². The predicted octanol–water partition coefficient (Wildman–Crippen LogP) is 4.52. The molecular weight excluding hydrogens is 442 g/mol. The molecule has 1 aromatic heterocycles. The third-order valence-corrected chi connectivity index (χ3v) is 7.00. The van der Waals surface area contributed by atoms with Crippen molar-refractivity contribution in [3.05, 3.63) is 88.1 Å². The lowest BCUT2D eigenvalue weighted by Gasteiger charge is -2.10. The van der Waals surface area contributed by atoms with Crippen molar-refractivity contribution in [3.63, 3.8) is 0 Å². The average molecular weight is 464 g/mol. The molecule has 0 saturated heterocycles. The molecule has 4 rings (SSSR count). The third kappa shape index (κ3) is 4.51. The third-order valence-electron chi connectivity index (χ3n) is 5.27. The molecule has 0 radical (unpaired) electrons. The Hall–Kier alpha value is -3.91. The summed E-state index contributed by atoms with van der Waals surface area (Å²) in [7, 11) is -3.49. The number of hydrogen-bond acceptors (Lipinski definition) is 6. The number of sulfone groups is 1. The van der Waals surface area contributed by atoms with Crippen LogP contribution in [0.4, 0.5) is 5.69 Å². The predicted molar refractivity (Wildman–Crippen MR) is 126 cm³/mol. The molecule has 0 saturated carbocycles. The first-order valence-corrected chi connectivity index (χ1v) is 11.9. The number of carbonyl (C=O) groups excluding carboxylic acids is 1. The monoisotopic (exact) mass is 463 g/mol. The van der Waals surface area contributed by atoms with Gasteiger partial charge in [0.25, 0.3) is 5.91 Å². The van der Waals surface area contributed by atoms with E-state index in [0.29, 0.717) is 22.3 Å². The number of phenols is 1. The Kier molecular flexibility index (Phi) is 5.78. The smallest absolute Gasteiger partial charge is 0.255 e. The Balaban J connectivity index is 1.60. The van der Waals surface area contributed by atoms with Crippen LogP contribution in [0.2, 0.25) is 0 Å². The summed E-state index contributed by atoms with van der Waals surface area (Å²) in [5, 5.41) is 13.1. The Morgan fingerprint density at radius 3 is 2.42 bits per heavy atom. The highest BCUT2D eigenvalue weighted by atomic mass is 32.2. The molecule has 0 aliphatic rings. The van der Waals surface area contributed by atoms with Crippen LogP contribution in [-0.4, -0.2) is 25.2 Å². The number of benzene rings is 3. The molecule has 0 aliphatic carbocycles. The van der Waals surface area contributed by atoms with Gasteiger partial charge >= 0.3 is 0 Å². The number of amides is 1. The summed E-state index contributed by atoms with van der Waals surface area (Å²) in [6.45, 7) is 3.41. The van der Waals surface area contributed by atoms with Gasteiger partial charge in [-0.2, -0.15) is 0 Å². The van der Waals surface area contributed by atoms with Crippen LogP contribution in [-0.2, 0) is 9.84 Å². The van der Waals surface area contributed by atoms with Gasteiger partial charge in [0.2, 0.25) is 0 Å². The quantitative estimate of drug-likeness (QED) is 0.421. The number of hydrogen-bond donors (Lipinski definition) is 2. The van der Waals surface area contributed by atoms with Crippen LogP contribution in [0.25, 0.3) is 22.3 Å². The van der Waals surface area contributed by atoms with Gasteiger partial charge < -0.3 is 14.8 Å². The number of aromatic hydroxyl groups is 1. The summed E-state index contributed by atoms with van der Waals surface area (Å²) in [5.41, 5.74) is 2.17. The highest BCUT2D eigenvalue weighted by Crippen LogP contribution is 2.28. The zero-order chi connectivity index (χ0) is 23.8. The Labute approximate surface area is 190 Å². The van der Waals surface area contributed by atoms with Gasteiger partial charge in [-0.3, -0.25) is 9.59 Å². The second-order valence-corrected chi connectivity index (χ2v) is 9.87. The minimum atomic E-state index is -3.49. The van der Waals surface area contributed by atoms with E-state index in [4.69, 9.17) is 4.42 Å². The zero-order valence-corrected chi connectivity index (χ0v) is 18.8. The Morgan fingerprint density at radius 1 is 1.00 bits per heavy atom. The van der Waals surface area contributed by atoms with Crippen molar-refractivity contribution in [3.8, 4) is 17.1 Å². The zero-order valence-electron chi connectivity index (χ0n) is 18.0. The van der Waals surface area contributed by atoms with E-state index in [1.165, 1.54) is 31.2 Å². The van der Waals surface area contributed by atoms with Gasteiger partial charge in [-0.15, -0.1) is 0 Å². The lowest BCUT2D eigenvalue weighted by atomic mass is 10.1. The molecule has 33 heavy (non-hydrogen) atoms. The van der Waals surface area contributed by atoms with Crippen LogP contribution >= 0.6 is 0 Å². The van der Waals surface area contributed by atoms with Crippen LogP contribution in [0.1, 0.15) is 22.8 Å². The molecule has 8 heteroatoms. The second-order valence-electron chi connectivity index (χ2n) is 7.59. The van der Waals surface area contributed by atoms with Crippen molar-refractivity contribution in [1.29, 1.82) is 0 Å². The van der Waals surface area contributed by atoms with Gasteiger partial charge in [0.1, 0.15) is 17.1 Å². The van der Waals surface area contributed by atoms with Gasteiger partial charge in [-0.25, -0.2) is 8.42 Å². The first-order chi connectivity index (χ1) is 15.7. The van der Waals surface area contributed by atoms with E-state index < -0.39 is 15.7 Å². The van der Waals surface area contributed by atoms with E-state index in [0.717, 1.165) is 5.56 Å². The van der Waals surface area contributed by atoms with Gasteiger partial charge in [0.15, 0.2) is 15.3 Å². The fraction of sp³-hybridized carbons (Fsp3) is 0.120. The maximum atomic E-state index is 12.7. The first-order valence-electron chi connectivity index (χ1n) is 10.2. The van der Waals surface area contributed by atoms with Crippen molar-refractivity contribution in [2.24, 2.45) is 0 Å². The Bertz CT molecular complexity index is 1540. The summed E-state index contributed by atoms with van der Waals surface area (Å²) < 4.78 is 30.0. The first kappa shape index (κ1) is 22.3. The number of aryl methyl sites for hydroxylation is 1. The number of nitrogens with one attached hydrogen (secondary N) is 1. The van der Waals surface area contributed by atoms with E-state index in [-0.39, 0.29) is 33.1 Å². The van der Waals surface area contributed by atoms with Crippen molar-refractivity contribution >= 4 is 32.4 Å². The lowest BCUT2D eigenvalue weighted by Crippen LogP contribution is -2.13. The molecule has 0 bridgehead atoms. The van der Waals surface area contributed by atoms with Gasteiger partial charge in [0.05, 0.1) is 21.7 Å². The summed E-state index contributed by atoms with van der Waals surface area (Å²) in [4.78, 5) is 25.1. The van der Waals surface area contributed by atoms with E-state index in [1.54, 1.807) is 36.4 Å². The molecule has 4 aromatic rings. The van der Waals surface area contributed by atoms with Crippen LogP contribution in [0, 0.1) is 6.92 Å². The molecule has 1 amide bonds. The number of rotatable bonds is 5. The van der Waals surface area contributed by atoms with Crippen molar-refractivity contribution < 1.29 is 22.7 Å². The molecule has 0 atom stereocenters. The minimum absolute atomic E-state index is 0.00517. The van der Waals surface area contributed by atoms with Crippen molar-refractivity contribution in [2.75, 3.05) is 11.1 Å². The van der Waals surface area contributed by atoms with Crippen LogP contribution in [0.5, 0.6) is 5.75 Å². The highest BCUT2D eigenvalue weighted by molar-refractivity contribution is 7.91. The van der Waals surface area contributed by atoms with Gasteiger partial charge in [0, 0.05) is 17.2 Å². The van der Waals surface area contributed by atoms with Crippen LogP contribution < -0.4 is 10.7 Å². The molecule has 0 aliphatic heterocycles. The standard InChI is InChI=1S/C25H21NO6S/c1-3-33(30,31)18-9-10-21(27)20(13-18)26-25(29)17-7-5-16(6-8-17)24-14-22(28)19-12-15(2)4-11-23(19)32-24/h4-14,27H,3H2,1-2H3,(H,26,29). The van der Waals surface area contributed by atoms with Crippen molar-refractivity contribution in [2.45, 2.75) is 18.7 Å². The molecule has 1 heterocycles. The fourth-order valence-electron chi connectivity index (χ4n) is 3.37. The normalized spacial score (nSPS) is 11.5.